The number of hydrogen-bond donors (Lipinski definition) is 1. The van der Waals surface area contributed by atoms with Gasteiger partial charge in [-0.1, -0.05) is 0 Å². The number of amides is 1. The summed E-state index contributed by atoms with van der Waals surface area (Å²) in [5.74, 6) is 1.58. The van der Waals surface area contributed by atoms with Crippen LogP contribution in [0, 0.1) is 31.6 Å². The summed E-state index contributed by atoms with van der Waals surface area (Å²) in [7, 11) is 0. The first-order chi connectivity index (χ1) is 13.9. The Kier molecular flexibility index (Phi) is 4.33. The Bertz CT molecular complexity index is 965. The molecule has 4 fully saturated rings. The summed E-state index contributed by atoms with van der Waals surface area (Å²) < 4.78 is 5.31. The van der Waals surface area contributed by atoms with Crippen molar-refractivity contribution in [3.8, 4) is 0 Å². The number of esters is 1. The van der Waals surface area contributed by atoms with Crippen molar-refractivity contribution in [2.24, 2.45) is 17.8 Å². The highest BCUT2D eigenvalue weighted by Crippen LogP contribution is 2.55. The van der Waals surface area contributed by atoms with E-state index >= 15 is 0 Å². The number of nitrogens with one attached hydrogen (secondary N) is 1. The van der Waals surface area contributed by atoms with Crippen molar-refractivity contribution >= 4 is 22.9 Å². The molecule has 0 spiro atoms. The van der Waals surface area contributed by atoms with Crippen LogP contribution in [0.5, 0.6) is 0 Å². The maximum atomic E-state index is 12.5. The first-order valence-corrected chi connectivity index (χ1v) is 10.6. The third-order valence-corrected chi connectivity index (χ3v) is 7.09. The number of carbonyl (C=O) groups is 2. The number of aryl methyl sites for hydroxylation is 2. The highest BCUT2D eigenvalue weighted by atomic mass is 16.5. The molecule has 0 unspecified atom stereocenters. The summed E-state index contributed by atoms with van der Waals surface area (Å²) in [6, 6.07) is 5.11. The minimum atomic E-state index is -0.507. The fraction of sp³-hybridized carbons (Fsp3) is 0.565. The molecular weight excluding hydrogens is 366 g/mol. The van der Waals surface area contributed by atoms with Gasteiger partial charge < -0.3 is 10.1 Å². The highest BCUT2D eigenvalue weighted by Gasteiger charge is 2.51. The maximum absolute atomic E-state index is 12.5. The molecule has 1 amide bonds. The van der Waals surface area contributed by atoms with Crippen LogP contribution in [0.25, 0.3) is 11.0 Å². The van der Waals surface area contributed by atoms with Gasteiger partial charge in [-0.2, -0.15) is 0 Å². The molecular formula is C23H27N3O3. The molecule has 1 heterocycles. The second-order valence-electron chi connectivity index (χ2n) is 9.42. The van der Waals surface area contributed by atoms with Gasteiger partial charge in [-0.05, 0) is 88.3 Å². The van der Waals surface area contributed by atoms with Crippen LogP contribution in [0.3, 0.4) is 0 Å². The van der Waals surface area contributed by atoms with Gasteiger partial charge in [0.15, 0.2) is 6.61 Å². The zero-order valence-corrected chi connectivity index (χ0v) is 17.0. The molecule has 6 heteroatoms. The van der Waals surface area contributed by atoms with Crippen LogP contribution < -0.4 is 5.32 Å². The van der Waals surface area contributed by atoms with Gasteiger partial charge in [-0.15, -0.1) is 0 Å². The lowest BCUT2D eigenvalue weighted by molar-refractivity contribution is -0.130. The predicted molar refractivity (Wildman–Crippen MR) is 108 cm³/mol. The van der Waals surface area contributed by atoms with E-state index in [0.29, 0.717) is 11.1 Å². The largest absolute Gasteiger partial charge is 0.452 e. The molecule has 1 aromatic heterocycles. The van der Waals surface area contributed by atoms with E-state index < -0.39 is 5.97 Å². The number of ether oxygens (including phenoxy) is 1. The second kappa shape index (κ2) is 6.78. The van der Waals surface area contributed by atoms with Gasteiger partial charge in [-0.25, -0.2) is 14.8 Å². The molecule has 6 rings (SSSR count). The number of hydrogen-bond acceptors (Lipinski definition) is 5. The lowest BCUT2D eigenvalue weighted by Crippen LogP contribution is -2.60. The minimum absolute atomic E-state index is 0.0633. The van der Waals surface area contributed by atoms with Gasteiger partial charge in [0.1, 0.15) is 0 Å². The highest BCUT2D eigenvalue weighted by molar-refractivity contribution is 5.94. The average Bonchev–Trinajstić information content (AvgIpc) is 2.65. The molecule has 6 nitrogen and oxygen atoms in total. The number of rotatable bonds is 4. The van der Waals surface area contributed by atoms with Crippen molar-refractivity contribution in [3.05, 3.63) is 35.2 Å². The molecule has 0 atom stereocenters. The van der Waals surface area contributed by atoms with Crippen LogP contribution >= 0.6 is 0 Å². The fourth-order valence-electron chi connectivity index (χ4n) is 6.17. The number of benzene rings is 1. The van der Waals surface area contributed by atoms with Crippen molar-refractivity contribution in [1.82, 2.24) is 15.3 Å². The number of carbonyl (C=O) groups excluding carboxylic acids is 2. The summed E-state index contributed by atoms with van der Waals surface area (Å²) in [5, 5.41) is 3.24. The molecule has 4 aliphatic rings. The molecule has 4 saturated carbocycles. The fourth-order valence-corrected chi connectivity index (χ4v) is 6.17. The van der Waals surface area contributed by atoms with Crippen LogP contribution in [0.2, 0.25) is 0 Å². The number of fused-ring (bicyclic) bond motifs is 1. The Labute approximate surface area is 170 Å². The van der Waals surface area contributed by atoms with Crippen LogP contribution in [0.1, 0.15) is 60.3 Å². The van der Waals surface area contributed by atoms with Gasteiger partial charge in [0.05, 0.1) is 28.0 Å². The molecule has 1 aromatic carbocycles. The molecule has 0 saturated heterocycles. The molecule has 4 bridgehead atoms. The zero-order chi connectivity index (χ0) is 20.2. The van der Waals surface area contributed by atoms with Gasteiger partial charge in [0.2, 0.25) is 0 Å². The first-order valence-electron chi connectivity index (χ1n) is 10.6. The summed E-state index contributed by atoms with van der Waals surface area (Å²) in [4.78, 5) is 34.0. The lowest BCUT2D eigenvalue weighted by atomic mass is 9.53. The van der Waals surface area contributed by atoms with E-state index in [9.17, 15) is 9.59 Å². The minimum Gasteiger partial charge on any atom is -0.452 e. The topological polar surface area (TPSA) is 81.2 Å². The van der Waals surface area contributed by atoms with E-state index in [1.807, 2.05) is 13.8 Å². The van der Waals surface area contributed by atoms with Crippen LogP contribution in [0.4, 0.5) is 0 Å². The second-order valence-corrected chi connectivity index (χ2v) is 9.42. The number of nitrogens with zero attached hydrogens (tertiary/aromatic N) is 2. The van der Waals surface area contributed by atoms with E-state index in [2.05, 4.69) is 15.3 Å². The average molecular weight is 393 g/mol. The Balaban J connectivity index is 1.22. The van der Waals surface area contributed by atoms with Crippen LogP contribution in [-0.2, 0) is 9.53 Å². The molecule has 2 aromatic rings. The number of aromatic nitrogens is 2. The summed E-state index contributed by atoms with van der Waals surface area (Å²) in [6.45, 7) is 3.56. The summed E-state index contributed by atoms with van der Waals surface area (Å²) in [6.07, 6.45) is 7.23. The Morgan fingerprint density at radius 2 is 1.59 bits per heavy atom. The summed E-state index contributed by atoms with van der Waals surface area (Å²) in [5.41, 5.74) is 3.42. The van der Waals surface area contributed by atoms with Crippen LogP contribution in [-0.4, -0.2) is 34.0 Å². The van der Waals surface area contributed by atoms with E-state index in [1.54, 1.807) is 18.2 Å². The SMILES string of the molecule is Cc1nc2ccc(C(=O)OCC(=O)NC34CC5CC(CC(C5)C3)C4)cc2nc1C. The Morgan fingerprint density at radius 1 is 1.00 bits per heavy atom. The van der Waals surface area contributed by atoms with E-state index in [0.717, 1.165) is 53.9 Å². The molecule has 0 aliphatic heterocycles. The third kappa shape index (κ3) is 3.49. The third-order valence-electron chi connectivity index (χ3n) is 7.09. The standard InChI is InChI=1S/C23H27N3O3/c1-13-14(2)25-20-8-18(3-4-19(20)24-13)22(28)29-12-21(27)26-23-9-15-5-16(10-23)7-17(6-15)11-23/h3-4,8,15-17H,5-7,9-12H2,1-2H3,(H,26,27). The molecule has 29 heavy (non-hydrogen) atoms. The van der Waals surface area contributed by atoms with Gasteiger partial charge in [-0.3, -0.25) is 4.79 Å². The smallest absolute Gasteiger partial charge is 0.338 e. The zero-order valence-electron chi connectivity index (χ0n) is 17.0. The van der Waals surface area contributed by atoms with Crippen molar-refractivity contribution < 1.29 is 14.3 Å². The normalized spacial score (nSPS) is 29.8. The van der Waals surface area contributed by atoms with Crippen molar-refractivity contribution in [3.63, 3.8) is 0 Å². The van der Waals surface area contributed by atoms with Crippen molar-refractivity contribution in [2.45, 2.75) is 57.9 Å². The predicted octanol–water partition coefficient (Wildman–Crippen LogP) is 3.49. The first kappa shape index (κ1) is 18.5. The molecule has 1 N–H and O–H groups in total. The van der Waals surface area contributed by atoms with Crippen molar-refractivity contribution in [1.29, 1.82) is 0 Å². The van der Waals surface area contributed by atoms with Crippen LogP contribution in [0.15, 0.2) is 18.2 Å². The van der Waals surface area contributed by atoms with Gasteiger partial charge in [0.25, 0.3) is 5.91 Å². The quantitative estimate of drug-likeness (QED) is 0.804. The monoisotopic (exact) mass is 393 g/mol. The molecule has 0 radical (unpaired) electrons. The van der Waals surface area contributed by atoms with E-state index in [1.165, 1.54) is 19.3 Å². The van der Waals surface area contributed by atoms with Crippen molar-refractivity contribution in [2.75, 3.05) is 6.61 Å². The summed E-state index contributed by atoms with van der Waals surface area (Å²) >= 11 is 0. The molecule has 4 aliphatic carbocycles. The van der Waals surface area contributed by atoms with Gasteiger partial charge >= 0.3 is 5.97 Å². The molecule has 152 valence electrons. The maximum Gasteiger partial charge on any atom is 0.338 e. The van der Waals surface area contributed by atoms with Gasteiger partial charge in [0, 0.05) is 5.54 Å². The Morgan fingerprint density at radius 3 is 2.21 bits per heavy atom. The van der Waals surface area contributed by atoms with E-state index in [4.69, 9.17) is 4.74 Å². The van der Waals surface area contributed by atoms with E-state index in [-0.39, 0.29) is 18.1 Å². The Hall–Kier alpha value is -2.50. The lowest BCUT2D eigenvalue weighted by Gasteiger charge is -2.56.